The second kappa shape index (κ2) is 10.9. The van der Waals surface area contributed by atoms with Crippen molar-refractivity contribution in [2.24, 2.45) is 0 Å². The summed E-state index contributed by atoms with van der Waals surface area (Å²) in [4.78, 5) is 51.8. The molecule has 2 heterocycles. The summed E-state index contributed by atoms with van der Waals surface area (Å²) in [5, 5.41) is 2.84. The number of amides is 2. The van der Waals surface area contributed by atoms with Gasteiger partial charge in [-0.25, -0.2) is 9.59 Å². The molecule has 3 aromatic rings. The first-order valence-corrected chi connectivity index (χ1v) is 11.8. The lowest BCUT2D eigenvalue weighted by molar-refractivity contribution is -0.134. The van der Waals surface area contributed by atoms with Crippen molar-refractivity contribution in [3.63, 3.8) is 0 Å². The Morgan fingerprint density at radius 3 is 2.05 bits per heavy atom. The quantitative estimate of drug-likeness (QED) is 0.339. The maximum Gasteiger partial charge on any atom is 0.338 e. The Bertz CT molecular complexity index is 1310. The van der Waals surface area contributed by atoms with Crippen molar-refractivity contribution in [1.29, 1.82) is 0 Å². The molecule has 0 bridgehead atoms. The van der Waals surface area contributed by atoms with E-state index in [9.17, 15) is 19.2 Å². The number of hydrogen-bond donors (Lipinski definition) is 1. The number of rotatable bonds is 9. The van der Waals surface area contributed by atoms with Gasteiger partial charge in [0.15, 0.2) is 5.54 Å². The van der Waals surface area contributed by atoms with Crippen molar-refractivity contribution in [1.82, 2.24) is 0 Å². The van der Waals surface area contributed by atoms with Crippen LogP contribution in [0.1, 0.15) is 46.7 Å². The van der Waals surface area contributed by atoms with Gasteiger partial charge in [0.1, 0.15) is 5.76 Å². The summed E-state index contributed by atoms with van der Waals surface area (Å²) >= 11 is 0. The van der Waals surface area contributed by atoms with Crippen molar-refractivity contribution in [3.05, 3.63) is 89.9 Å². The highest BCUT2D eigenvalue weighted by atomic mass is 16.5. The number of nitrogens with zero attached hydrogens (tertiary/aromatic N) is 1. The molecule has 0 saturated carbocycles. The lowest BCUT2D eigenvalue weighted by Gasteiger charge is -2.48. The van der Waals surface area contributed by atoms with Crippen LogP contribution in [0.5, 0.6) is 0 Å². The molecule has 2 aromatic carbocycles. The summed E-state index contributed by atoms with van der Waals surface area (Å²) < 4.78 is 15.4. The summed E-state index contributed by atoms with van der Waals surface area (Å²) in [5.41, 5.74) is 0.229. The fourth-order valence-electron chi connectivity index (χ4n) is 4.00. The van der Waals surface area contributed by atoms with Crippen molar-refractivity contribution >= 4 is 41.2 Å². The molecule has 1 aromatic heterocycles. The van der Waals surface area contributed by atoms with Gasteiger partial charge in [-0.3, -0.25) is 14.5 Å². The highest BCUT2D eigenvalue weighted by Gasteiger charge is 2.55. The minimum atomic E-state index is -1.35. The third kappa shape index (κ3) is 5.30. The number of hydrogen-bond acceptors (Lipinski definition) is 7. The van der Waals surface area contributed by atoms with Crippen molar-refractivity contribution in [2.75, 3.05) is 23.4 Å². The van der Waals surface area contributed by atoms with E-state index in [2.05, 4.69) is 5.32 Å². The first kappa shape index (κ1) is 25.4. The van der Waals surface area contributed by atoms with E-state index in [0.29, 0.717) is 28.3 Å². The number of ether oxygens (including phenoxy) is 2. The van der Waals surface area contributed by atoms with E-state index in [0.717, 1.165) is 0 Å². The molecule has 37 heavy (non-hydrogen) atoms. The van der Waals surface area contributed by atoms with Crippen LogP contribution in [-0.4, -0.2) is 42.5 Å². The van der Waals surface area contributed by atoms with Crippen LogP contribution in [0.25, 0.3) is 6.08 Å². The second-order valence-electron chi connectivity index (χ2n) is 8.20. The van der Waals surface area contributed by atoms with Crippen LogP contribution in [0.4, 0.5) is 11.4 Å². The predicted molar refractivity (Wildman–Crippen MR) is 136 cm³/mol. The number of furan rings is 1. The number of nitrogens with one attached hydrogen (secondary N) is 1. The molecule has 1 unspecified atom stereocenters. The first-order valence-electron chi connectivity index (χ1n) is 11.8. The number of carbonyl (C=O) groups excluding carboxylic acids is 4. The second-order valence-corrected chi connectivity index (χ2v) is 8.20. The largest absolute Gasteiger partial charge is 0.465 e. The molecule has 0 spiro atoms. The van der Waals surface area contributed by atoms with Gasteiger partial charge in [0.2, 0.25) is 5.91 Å². The topological polar surface area (TPSA) is 115 Å². The maximum absolute atomic E-state index is 13.6. The zero-order chi connectivity index (χ0) is 26.4. The number of β-lactam (4-membered cyclic amide) rings is 1. The van der Waals surface area contributed by atoms with Gasteiger partial charge in [0.25, 0.3) is 5.91 Å². The maximum atomic E-state index is 13.6. The molecule has 190 valence electrons. The summed E-state index contributed by atoms with van der Waals surface area (Å²) in [5.74, 6) is -1.13. The zero-order valence-corrected chi connectivity index (χ0v) is 20.4. The Balaban J connectivity index is 1.63. The van der Waals surface area contributed by atoms with Crippen LogP contribution in [0.15, 0.2) is 77.4 Å². The molecular formula is C28H26N2O7. The lowest BCUT2D eigenvalue weighted by Crippen LogP contribution is -2.68. The summed E-state index contributed by atoms with van der Waals surface area (Å²) in [6.07, 6.45) is 4.69. The van der Waals surface area contributed by atoms with E-state index in [1.807, 2.05) is 0 Å². The Morgan fingerprint density at radius 2 is 1.54 bits per heavy atom. The molecule has 1 atom stereocenters. The highest BCUT2D eigenvalue weighted by Crippen LogP contribution is 2.40. The van der Waals surface area contributed by atoms with Crippen LogP contribution in [-0.2, 0) is 19.1 Å². The minimum Gasteiger partial charge on any atom is -0.465 e. The molecule has 9 nitrogen and oxygen atoms in total. The Hall–Kier alpha value is -4.66. The molecule has 1 N–H and O–H groups in total. The molecule has 1 aliphatic heterocycles. The molecule has 9 heteroatoms. The van der Waals surface area contributed by atoms with Gasteiger partial charge in [-0.05, 0) is 86.7 Å². The van der Waals surface area contributed by atoms with Gasteiger partial charge in [-0.15, -0.1) is 0 Å². The van der Waals surface area contributed by atoms with Crippen molar-refractivity contribution in [3.8, 4) is 0 Å². The normalized spacial score (nSPS) is 16.8. The van der Waals surface area contributed by atoms with Crippen LogP contribution in [0, 0.1) is 0 Å². The molecule has 4 rings (SSSR count). The van der Waals surface area contributed by atoms with Crippen LogP contribution in [0.3, 0.4) is 0 Å². The Labute approximate surface area is 213 Å². The average molecular weight is 503 g/mol. The minimum absolute atomic E-state index is 0.0728. The average Bonchev–Trinajstić information content (AvgIpc) is 3.41. The van der Waals surface area contributed by atoms with Crippen molar-refractivity contribution in [2.45, 2.75) is 25.8 Å². The van der Waals surface area contributed by atoms with E-state index in [-0.39, 0.29) is 25.5 Å². The van der Waals surface area contributed by atoms with Gasteiger partial charge in [-0.2, -0.15) is 0 Å². The van der Waals surface area contributed by atoms with Gasteiger partial charge >= 0.3 is 11.9 Å². The summed E-state index contributed by atoms with van der Waals surface area (Å²) in [6, 6.07) is 16.0. The smallest absolute Gasteiger partial charge is 0.338 e. The van der Waals surface area contributed by atoms with E-state index >= 15 is 0 Å². The number of benzene rings is 2. The van der Waals surface area contributed by atoms with E-state index in [4.69, 9.17) is 13.9 Å². The van der Waals surface area contributed by atoms with Gasteiger partial charge < -0.3 is 19.2 Å². The standard InChI is InChI=1S/C28H26N2O7/c1-3-35-25(32)19-7-11-21(12-8-19)29-27(34)28(16-15-23-6-5-17-37-23)18-24(31)30(28)22-13-9-20(10-14-22)26(33)36-4-2/h5-17H,3-4,18H2,1-2H3,(H,29,34). The van der Waals surface area contributed by atoms with Gasteiger partial charge in [-0.1, -0.05) is 0 Å². The van der Waals surface area contributed by atoms with Gasteiger partial charge in [0, 0.05) is 11.4 Å². The summed E-state index contributed by atoms with van der Waals surface area (Å²) in [6.45, 7) is 3.94. The molecule has 1 saturated heterocycles. The van der Waals surface area contributed by atoms with E-state index in [1.165, 1.54) is 11.2 Å². The zero-order valence-electron chi connectivity index (χ0n) is 20.4. The highest BCUT2D eigenvalue weighted by molar-refractivity contribution is 6.18. The predicted octanol–water partition coefficient (Wildman–Crippen LogP) is 4.46. The van der Waals surface area contributed by atoms with E-state index in [1.54, 1.807) is 86.7 Å². The third-order valence-electron chi connectivity index (χ3n) is 5.82. The molecule has 0 aliphatic carbocycles. The van der Waals surface area contributed by atoms with Crippen LogP contribution in [0.2, 0.25) is 0 Å². The number of carbonyl (C=O) groups is 4. The molecule has 1 fully saturated rings. The van der Waals surface area contributed by atoms with Crippen LogP contribution >= 0.6 is 0 Å². The van der Waals surface area contributed by atoms with E-state index < -0.39 is 23.4 Å². The third-order valence-corrected chi connectivity index (χ3v) is 5.82. The number of esters is 2. The fraction of sp³-hybridized carbons (Fsp3) is 0.214. The van der Waals surface area contributed by atoms with Gasteiger partial charge in [0.05, 0.1) is 37.0 Å². The Kier molecular flexibility index (Phi) is 7.52. The SMILES string of the molecule is CCOC(=O)c1ccc(NC(=O)C2(C=Cc3ccco3)CC(=O)N2c2ccc(C(=O)OCC)cc2)cc1. The molecule has 2 amide bonds. The summed E-state index contributed by atoms with van der Waals surface area (Å²) in [7, 11) is 0. The first-order chi connectivity index (χ1) is 17.9. The monoisotopic (exact) mass is 502 g/mol. The molecular weight excluding hydrogens is 476 g/mol. The fourth-order valence-corrected chi connectivity index (χ4v) is 4.00. The van der Waals surface area contributed by atoms with Crippen LogP contribution < -0.4 is 10.2 Å². The molecule has 0 radical (unpaired) electrons. The number of anilines is 2. The molecule has 1 aliphatic rings. The van der Waals surface area contributed by atoms with Crippen molar-refractivity contribution < 1.29 is 33.1 Å². The lowest BCUT2D eigenvalue weighted by atomic mass is 9.81. The Morgan fingerprint density at radius 1 is 0.946 bits per heavy atom.